The van der Waals surface area contributed by atoms with Crippen LogP contribution in [0.2, 0.25) is 0 Å². The Kier molecular flexibility index (Phi) is 3.58. The first-order valence-electron chi connectivity index (χ1n) is 5.73. The minimum atomic E-state index is -0.933. The van der Waals surface area contributed by atoms with Crippen molar-refractivity contribution in [2.24, 2.45) is 0 Å². The fourth-order valence-electron chi connectivity index (χ4n) is 1.70. The van der Waals surface area contributed by atoms with Gasteiger partial charge in [-0.1, -0.05) is 54.1 Å². The number of benzene rings is 2. The number of aliphatic carboxylic acids is 1. The molecule has 1 N–H and O–H groups in total. The highest BCUT2D eigenvalue weighted by molar-refractivity contribution is 5.85. The molecule has 2 aromatic carbocycles. The zero-order chi connectivity index (χ0) is 13.0. The van der Waals surface area contributed by atoms with Crippen molar-refractivity contribution < 1.29 is 9.90 Å². The van der Waals surface area contributed by atoms with Crippen molar-refractivity contribution in [3.63, 3.8) is 0 Å². The molecule has 0 amide bonds. The first-order chi connectivity index (χ1) is 8.65. The summed E-state index contributed by atoms with van der Waals surface area (Å²) in [5, 5.41) is 8.55. The van der Waals surface area contributed by atoms with Crippen molar-refractivity contribution in [2.45, 2.75) is 6.92 Å². The first kappa shape index (κ1) is 12.1. The molecule has 90 valence electrons. The van der Waals surface area contributed by atoms with E-state index in [1.165, 1.54) is 5.56 Å². The summed E-state index contributed by atoms with van der Waals surface area (Å²) in [7, 11) is 0. The molecular weight excluding hydrogens is 224 g/mol. The summed E-state index contributed by atoms with van der Waals surface area (Å²) in [5.41, 5.74) is 4.41. The maximum absolute atomic E-state index is 10.4. The minimum absolute atomic E-state index is 0.883. The van der Waals surface area contributed by atoms with E-state index >= 15 is 0 Å². The van der Waals surface area contributed by atoms with Crippen molar-refractivity contribution in [2.75, 3.05) is 0 Å². The summed E-state index contributed by atoms with van der Waals surface area (Å²) in [6.07, 6.45) is 2.72. The van der Waals surface area contributed by atoms with Crippen molar-refractivity contribution >= 4 is 12.0 Å². The van der Waals surface area contributed by atoms with Crippen molar-refractivity contribution in [1.29, 1.82) is 0 Å². The molecule has 2 heteroatoms. The quantitative estimate of drug-likeness (QED) is 0.827. The Morgan fingerprint density at radius 3 is 1.94 bits per heavy atom. The maximum atomic E-state index is 10.4. The van der Waals surface area contributed by atoms with Crippen LogP contribution in [0, 0.1) is 6.92 Å². The van der Waals surface area contributed by atoms with Crippen LogP contribution in [0.3, 0.4) is 0 Å². The monoisotopic (exact) mass is 238 g/mol. The third kappa shape index (κ3) is 3.08. The molecular formula is C16H14O2. The van der Waals surface area contributed by atoms with Crippen LogP contribution in [0.25, 0.3) is 17.2 Å². The van der Waals surface area contributed by atoms with Crippen LogP contribution in [-0.2, 0) is 4.79 Å². The second-order valence-electron chi connectivity index (χ2n) is 4.16. The molecule has 0 saturated carbocycles. The van der Waals surface area contributed by atoms with Gasteiger partial charge >= 0.3 is 5.97 Å². The van der Waals surface area contributed by atoms with Gasteiger partial charge in [0.2, 0.25) is 0 Å². The normalized spacial score (nSPS) is 10.7. The third-order valence-corrected chi connectivity index (χ3v) is 2.71. The molecule has 2 rings (SSSR count). The van der Waals surface area contributed by atoms with Crippen LogP contribution in [0.15, 0.2) is 54.6 Å². The second-order valence-corrected chi connectivity index (χ2v) is 4.16. The van der Waals surface area contributed by atoms with Gasteiger partial charge in [0, 0.05) is 6.08 Å². The number of aryl methyl sites for hydroxylation is 1. The van der Waals surface area contributed by atoms with Crippen LogP contribution in [0.4, 0.5) is 0 Å². The Bertz CT molecular complexity index is 563. The van der Waals surface area contributed by atoms with Gasteiger partial charge in [0.1, 0.15) is 0 Å². The Labute approximate surface area is 106 Å². The van der Waals surface area contributed by atoms with Crippen molar-refractivity contribution in [3.05, 3.63) is 65.7 Å². The lowest BCUT2D eigenvalue weighted by Crippen LogP contribution is -1.85. The summed E-state index contributed by atoms with van der Waals surface area (Å²) in [5.74, 6) is -0.933. The predicted molar refractivity (Wildman–Crippen MR) is 73.3 cm³/mol. The molecule has 0 heterocycles. The topological polar surface area (TPSA) is 37.3 Å². The zero-order valence-corrected chi connectivity index (χ0v) is 10.1. The van der Waals surface area contributed by atoms with E-state index in [9.17, 15) is 4.79 Å². The Balaban J connectivity index is 2.22. The van der Waals surface area contributed by atoms with E-state index in [1.54, 1.807) is 6.08 Å². The van der Waals surface area contributed by atoms with Crippen LogP contribution >= 0.6 is 0 Å². The molecule has 0 aliphatic heterocycles. The molecule has 18 heavy (non-hydrogen) atoms. The van der Waals surface area contributed by atoms with Gasteiger partial charge in [0.05, 0.1) is 0 Å². The number of hydrogen-bond acceptors (Lipinski definition) is 1. The Morgan fingerprint density at radius 1 is 0.944 bits per heavy atom. The molecule has 2 nitrogen and oxygen atoms in total. The van der Waals surface area contributed by atoms with Gasteiger partial charge in [0.25, 0.3) is 0 Å². The van der Waals surface area contributed by atoms with Gasteiger partial charge in [-0.25, -0.2) is 4.79 Å². The van der Waals surface area contributed by atoms with Crippen LogP contribution in [-0.4, -0.2) is 11.1 Å². The fourth-order valence-corrected chi connectivity index (χ4v) is 1.70. The summed E-state index contributed by atoms with van der Waals surface area (Å²) in [6.45, 7) is 2.06. The average molecular weight is 238 g/mol. The molecule has 0 saturated heterocycles. The molecule has 0 bridgehead atoms. The highest BCUT2D eigenvalue weighted by Gasteiger charge is 1.97. The lowest BCUT2D eigenvalue weighted by molar-refractivity contribution is -0.131. The molecule has 0 atom stereocenters. The number of carboxylic acid groups (broad SMARTS) is 1. The van der Waals surface area contributed by atoms with Gasteiger partial charge in [0.15, 0.2) is 0 Å². The molecule has 0 radical (unpaired) electrons. The molecule has 0 aliphatic carbocycles. The van der Waals surface area contributed by atoms with Crippen LogP contribution in [0.5, 0.6) is 0 Å². The minimum Gasteiger partial charge on any atom is -0.478 e. The molecule has 0 unspecified atom stereocenters. The van der Waals surface area contributed by atoms with E-state index in [0.29, 0.717) is 0 Å². The van der Waals surface area contributed by atoms with E-state index in [-0.39, 0.29) is 0 Å². The van der Waals surface area contributed by atoms with E-state index < -0.39 is 5.97 Å². The van der Waals surface area contributed by atoms with Crippen LogP contribution < -0.4 is 0 Å². The van der Waals surface area contributed by atoms with E-state index in [4.69, 9.17) is 5.11 Å². The van der Waals surface area contributed by atoms with Gasteiger partial charge in [-0.05, 0) is 29.7 Å². The summed E-state index contributed by atoms with van der Waals surface area (Å²) >= 11 is 0. The van der Waals surface area contributed by atoms with E-state index in [2.05, 4.69) is 31.2 Å². The number of carbonyl (C=O) groups is 1. The fraction of sp³-hybridized carbons (Fsp3) is 0.0625. The Morgan fingerprint density at radius 2 is 1.44 bits per heavy atom. The molecule has 0 aromatic heterocycles. The maximum Gasteiger partial charge on any atom is 0.328 e. The largest absolute Gasteiger partial charge is 0.478 e. The molecule has 0 aliphatic rings. The molecule has 0 fully saturated rings. The first-order valence-corrected chi connectivity index (χ1v) is 5.73. The van der Waals surface area contributed by atoms with Gasteiger partial charge in [-0.15, -0.1) is 0 Å². The van der Waals surface area contributed by atoms with E-state index in [0.717, 1.165) is 22.8 Å². The summed E-state index contributed by atoms with van der Waals surface area (Å²) in [4.78, 5) is 10.4. The van der Waals surface area contributed by atoms with Gasteiger partial charge in [-0.3, -0.25) is 0 Å². The standard InChI is InChI=1S/C16H14O2/c1-12-2-7-14(8-3-12)15-9-4-13(5-10-15)6-11-16(17)18/h2-11H,1H3,(H,17,18). The van der Waals surface area contributed by atoms with Crippen molar-refractivity contribution in [1.82, 2.24) is 0 Å². The highest BCUT2D eigenvalue weighted by atomic mass is 16.4. The smallest absolute Gasteiger partial charge is 0.328 e. The SMILES string of the molecule is Cc1ccc(-c2ccc(C=CC(=O)O)cc2)cc1. The number of rotatable bonds is 3. The lowest BCUT2D eigenvalue weighted by atomic mass is 10.0. The van der Waals surface area contributed by atoms with Gasteiger partial charge in [-0.2, -0.15) is 0 Å². The highest BCUT2D eigenvalue weighted by Crippen LogP contribution is 2.20. The summed E-state index contributed by atoms with van der Waals surface area (Å²) in [6, 6.07) is 16.1. The van der Waals surface area contributed by atoms with Crippen molar-refractivity contribution in [3.8, 4) is 11.1 Å². The second kappa shape index (κ2) is 5.32. The number of carboxylic acids is 1. The zero-order valence-electron chi connectivity index (χ0n) is 10.1. The molecule has 2 aromatic rings. The van der Waals surface area contributed by atoms with Gasteiger partial charge < -0.3 is 5.11 Å². The molecule has 0 spiro atoms. The third-order valence-electron chi connectivity index (χ3n) is 2.71. The average Bonchev–Trinajstić information content (AvgIpc) is 2.38. The van der Waals surface area contributed by atoms with Crippen LogP contribution in [0.1, 0.15) is 11.1 Å². The lowest BCUT2D eigenvalue weighted by Gasteiger charge is -2.02. The van der Waals surface area contributed by atoms with E-state index in [1.807, 2.05) is 24.3 Å². The number of hydrogen-bond donors (Lipinski definition) is 1. The Hall–Kier alpha value is -2.35. The predicted octanol–water partition coefficient (Wildman–Crippen LogP) is 3.76. The summed E-state index contributed by atoms with van der Waals surface area (Å²) < 4.78 is 0.